The van der Waals surface area contributed by atoms with E-state index in [-0.39, 0.29) is 13.2 Å². The Balaban J connectivity index is 2.32. The minimum atomic E-state index is -3.64. The van der Waals surface area contributed by atoms with Crippen molar-refractivity contribution in [2.45, 2.75) is 0 Å². The topological polar surface area (TPSA) is 107 Å². The van der Waals surface area contributed by atoms with E-state index in [0.29, 0.717) is 11.4 Å². The second kappa shape index (κ2) is 4.96. The third-order valence-electron chi connectivity index (χ3n) is 1.53. The minimum Gasteiger partial charge on any atom is -0.492 e. The number of rotatable bonds is 5. The lowest BCUT2D eigenvalue weighted by Crippen LogP contribution is -2.33. The number of nitrogens with two attached hydrogens (primary N) is 2. The predicted octanol–water partition coefficient (Wildman–Crippen LogP) is -0.559. The fourth-order valence-corrected chi connectivity index (χ4v) is 1.32. The van der Waals surface area contributed by atoms with E-state index in [9.17, 15) is 8.42 Å². The molecule has 0 aliphatic rings. The van der Waals surface area contributed by atoms with Gasteiger partial charge in [-0.3, -0.25) is 0 Å². The van der Waals surface area contributed by atoms with Gasteiger partial charge in [-0.2, -0.15) is 13.1 Å². The first-order chi connectivity index (χ1) is 6.97. The Labute approximate surface area is 88.4 Å². The lowest BCUT2D eigenvalue weighted by molar-refractivity contribution is 0.323. The molecule has 0 saturated carbocycles. The number of hydrogen-bond acceptors (Lipinski definition) is 4. The van der Waals surface area contributed by atoms with Gasteiger partial charge in [0.15, 0.2) is 0 Å². The monoisotopic (exact) mass is 231 g/mol. The van der Waals surface area contributed by atoms with E-state index in [1.165, 1.54) is 0 Å². The van der Waals surface area contributed by atoms with Gasteiger partial charge in [0, 0.05) is 18.3 Å². The third kappa shape index (κ3) is 5.21. The fraction of sp³-hybridized carbons (Fsp3) is 0.250. The Morgan fingerprint density at radius 3 is 2.73 bits per heavy atom. The molecule has 0 heterocycles. The molecule has 0 bridgehead atoms. The molecule has 0 atom stereocenters. The van der Waals surface area contributed by atoms with E-state index >= 15 is 0 Å². The Kier molecular flexibility index (Phi) is 3.89. The Morgan fingerprint density at radius 2 is 2.13 bits per heavy atom. The van der Waals surface area contributed by atoms with Gasteiger partial charge in [0.25, 0.3) is 10.2 Å². The van der Waals surface area contributed by atoms with Gasteiger partial charge in [-0.05, 0) is 12.1 Å². The van der Waals surface area contributed by atoms with Crippen LogP contribution in [0.15, 0.2) is 24.3 Å². The minimum absolute atomic E-state index is 0.119. The number of nitrogen functional groups attached to an aromatic ring is 1. The summed E-state index contributed by atoms with van der Waals surface area (Å²) in [7, 11) is -3.64. The molecular formula is C8H13N3O3S. The highest BCUT2D eigenvalue weighted by Gasteiger charge is 1.99. The van der Waals surface area contributed by atoms with Crippen LogP contribution in [0.5, 0.6) is 5.75 Å². The van der Waals surface area contributed by atoms with Crippen LogP contribution in [0.2, 0.25) is 0 Å². The van der Waals surface area contributed by atoms with Crippen LogP contribution in [-0.4, -0.2) is 21.6 Å². The van der Waals surface area contributed by atoms with E-state index in [2.05, 4.69) is 4.72 Å². The molecule has 0 aromatic heterocycles. The average molecular weight is 231 g/mol. The van der Waals surface area contributed by atoms with Crippen LogP contribution in [0.25, 0.3) is 0 Å². The summed E-state index contributed by atoms with van der Waals surface area (Å²) in [6, 6.07) is 6.86. The van der Waals surface area contributed by atoms with E-state index < -0.39 is 10.2 Å². The van der Waals surface area contributed by atoms with Crippen LogP contribution < -0.4 is 20.3 Å². The van der Waals surface area contributed by atoms with E-state index in [1.54, 1.807) is 24.3 Å². The first-order valence-corrected chi connectivity index (χ1v) is 5.78. The second-order valence-electron chi connectivity index (χ2n) is 2.86. The summed E-state index contributed by atoms with van der Waals surface area (Å²) in [6.45, 7) is 0.313. The van der Waals surface area contributed by atoms with E-state index in [4.69, 9.17) is 15.6 Å². The highest BCUT2D eigenvalue weighted by atomic mass is 32.2. The highest BCUT2D eigenvalue weighted by Crippen LogP contribution is 2.13. The summed E-state index contributed by atoms with van der Waals surface area (Å²) in [4.78, 5) is 0. The number of ether oxygens (including phenoxy) is 1. The van der Waals surface area contributed by atoms with Crippen LogP contribution in [0.1, 0.15) is 0 Å². The molecule has 0 amide bonds. The molecule has 6 nitrogen and oxygen atoms in total. The molecule has 0 unspecified atom stereocenters. The lowest BCUT2D eigenvalue weighted by Gasteiger charge is -2.06. The Morgan fingerprint density at radius 1 is 1.40 bits per heavy atom. The molecule has 0 radical (unpaired) electrons. The first-order valence-electron chi connectivity index (χ1n) is 4.23. The highest BCUT2D eigenvalue weighted by molar-refractivity contribution is 7.87. The van der Waals surface area contributed by atoms with Crippen molar-refractivity contribution in [1.82, 2.24) is 4.72 Å². The quantitative estimate of drug-likeness (QED) is 0.466. The number of nitrogens with one attached hydrogen (secondary N) is 1. The molecule has 0 saturated heterocycles. The zero-order valence-corrected chi connectivity index (χ0v) is 8.83. The van der Waals surface area contributed by atoms with Crippen LogP contribution in [0.4, 0.5) is 5.69 Å². The molecule has 0 aliphatic heterocycles. The molecule has 1 aromatic rings. The summed E-state index contributed by atoms with van der Waals surface area (Å²) < 4.78 is 28.3. The van der Waals surface area contributed by atoms with Gasteiger partial charge in [0.2, 0.25) is 0 Å². The zero-order chi connectivity index (χ0) is 11.3. The number of hydrogen-bond donors (Lipinski definition) is 3. The van der Waals surface area contributed by atoms with Crippen molar-refractivity contribution in [3.05, 3.63) is 24.3 Å². The zero-order valence-electron chi connectivity index (χ0n) is 8.01. The lowest BCUT2D eigenvalue weighted by atomic mass is 10.3. The summed E-state index contributed by atoms with van der Waals surface area (Å²) in [5, 5.41) is 4.72. The third-order valence-corrected chi connectivity index (χ3v) is 2.14. The molecule has 1 rings (SSSR count). The van der Waals surface area contributed by atoms with Crippen molar-refractivity contribution in [2.24, 2.45) is 5.14 Å². The Bertz CT molecular complexity index is 419. The normalized spacial score (nSPS) is 11.3. The first kappa shape index (κ1) is 11.8. The number of anilines is 1. The summed E-state index contributed by atoms with van der Waals surface area (Å²) in [6.07, 6.45) is 0. The molecule has 7 heteroatoms. The van der Waals surface area contributed by atoms with Crippen molar-refractivity contribution in [3.8, 4) is 5.75 Å². The molecule has 0 spiro atoms. The van der Waals surface area contributed by atoms with E-state index in [0.717, 1.165) is 0 Å². The maximum Gasteiger partial charge on any atom is 0.274 e. The van der Waals surface area contributed by atoms with Crippen molar-refractivity contribution in [1.29, 1.82) is 0 Å². The maximum atomic E-state index is 10.5. The summed E-state index contributed by atoms with van der Waals surface area (Å²) in [5.74, 6) is 0.589. The van der Waals surface area contributed by atoms with Gasteiger partial charge < -0.3 is 10.5 Å². The fourth-order valence-electron chi connectivity index (χ4n) is 0.957. The maximum absolute atomic E-state index is 10.5. The number of benzene rings is 1. The standard InChI is InChI=1S/C8H13N3O3S/c9-7-2-1-3-8(6-7)14-5-4-11-15(10,12)13/h1-3,6,11H,4-5,9H2,(H2,10,12,13). The molecule has 0 aliphatic carbocycles. The average Bonchev–Trinajstić information content (AvgIpc) is 2.11. The van der Waals surface area contributed by atoms with Crippen molar-refractivity contribution >= 4 is 15.9 Å². The van der Waals surface area contributed by atoms with Crippen LogP contribution >= 0.6 is 0 Å². The van der Waals surface area contributed by atoms with E-state index in [1.807, 2.05) is 0 Å². The van der Waals surface area contributed by atoms with Crippen LogP contribution in [0, 0.1) is 0 Å². The molecular weight excluding hydrogens is 218 g/mol. The van der Waals surface area contributed by atoms with Gasteiger partial charge in [-0.1, -0.05) is 6.07 Å². The largest absolute Gasteiger partial charge is 0.492 e. The second-order valence-corrected chi connectivity index (χ2v) is 4.24. The molecule has 84 valence electrons. The SMILES string of the molecule is Nc1cccc(OCCNS(N)(=O)=O)c1. The smallest absolute Gasteiger partial charge is 0.274 e. The molecule has 0 fully saturated rings. The predicted molar refractivity (Wildman–Crippen MR) is 57.5 cm³/mol. The van der Waals surface area contributed by atoms with Crippen LogP contribution in [-0.2, 0) is 10.2 Å². The molecule has 1 aromatic carbocycles. The van der Waals surface area contributed by atoms with Gasteiger partial charge in [0.05, 0.1) is 0 Å². The molecule has 15 heavy (non-hydrogen) atoms. The van der Waals surface area contributed by atoms with Crippen molar-refractivity contribution in [3.63, 3.8) is 0 Å². The van der Waals surface area contributed by atoms with Gasteiger partial charge in [-0.15, -0.1) is 0 Å². The summed E-state index contributed by atoms with van der Waals surface area (Å²) >= 11 is 0. The van der Waals surface area contributed by atoms with Gasteiger partial charge in [-0.25, -0.2) is 5.14 Å². The molecule has 5 N–H and O–H groups in total. The van der Waals surface area contributed by atoms with Crippen LogP contribution in [0.3, 0.4) is 0 Å². The van der Waals surface area contributed by atoms with Gasteiger partial charge in [0.1, 0.15) is 12.4 Å². The Hall–Kier alpha value is -1.31. The van der Waals surface area contributed by atoms with Crippen molar-refractivity contribution < 1.29 is 13.2 Å². The van der Waals surface area contributed by atoms with Crippen molar-refractivity contribution in [2.75, 3.05) is 18.9 Å². The van der Waals surface area contributed by atoms with Gasteiger partial charge >= 0.3 is 0 Å². The summed E-state index contributed by atoms with van der Waals surface area (Å²) in [5.41, 5.74) is 6.11.